The molecule has 0 atom stereocenters. The Morgan fingerprint density at radius 3 is 2.50 bits per heavy atom. The van der Waals surface area contributed by atoms with E-state index >= 15 is 0 Å². The molecule has 1 rings (SSSR count). The normalized spacial score (nSPS) is 10.8. The van der Waals surface area contributed by atoms with Gasteiger partial charge in [0.05, 0.1) is 5.41 Å². The highest BCUT2D eigenvalue weighted by Gasteiger charge is 2.27. The van der Waals surface area contributed by atoms with E-state index in [9.17, 15) is 9.59 Å². The summed E-state index contributed by atoms with van der Waals surface area (Å²) in [7, 11) is 0. The van der Waals surface area contributed by atoms with Crippen LogP contribution in [0.4, 0.5) is 10.6 Å². The van der Waals surface area contributed by atoms with Crippen LogP contribution in [0.15, 0.2) is 18.3 Å². The Hall–Kier alpha value is -2.11. The number of hydrogen-bond donors (Lipinski definition) is 3. The molecule has 6 heteroatoms. The number of nitrogens with one attached hydrogen (secondary N) is 3. The zero-order valence-corrected chi connectivity index (χ0v) is 12.4. The zero-order valence-electron chi connectivity index (χ0n) is 12.4. The van der Waals surface area contributed by atoms with Crippen LogP contribution >= 0.6 is 0 Å². The SMILES string of the molecule is CCNC(=O)C(C)(C)CNC(=O)Nc1ccc(C)cn1. The van der Waals surface area contributed by atoms with Crippen molar-refractivity contribution in [2.24, 2.45) is 5.41 Å². The van der Waals surface area contributed by atoms with Crippen molar-refractivity contribution in [2.75, 3.05) is 18.4 Å². The molecule has 1 aromatic rings. The smallest absolute Gasteiger partial charge is 0.320 e. The van der Waals surface area contributed by atoms with Crippen LogP contribution in [0.3, 0.4) is 0 Å². The quantitative estimate of drug-likeness (QED) is 0.766. The van der Waals surface area contributed by atoms with Crippen molar-refractivity contribution in [2.45, 2.75) is 27.7 Å². The summed E-state index contributed by atoms with van der Waals surface area (Å²) < 4.78 is 0. The molecule has 0 fully saturated rings. The van der Waals surface area contributed by atoms with Crippen LogP contribution < -0.4 is 16.0 Å². The number of aryl methyl sites for hydroxylation is 1. The number of rotatable bonds is 5. The van der Waals surface area contributed by atoms with Crippen molar-refractivity contribution in [1.29, 1.82) is 0 Å². The van der Waals surface area contributed by atoms with Crippen molar-refractivity contribution >= 4 is 17.8 Å². The summed E-state index contributed by atoms with van der Waals surface area (Å²) in [6.07, 6.45) is 1.67. The first-order valence-corrected chi connectivity index (χ1v) is 6.61. The van der Waals surface area contributed by atoms with Gasteiger partial charge in [0.25, 0.3) is 0 Å². The minimum atomic E-state index is -0.659. The Balaban J connectivity index is 2.47. The predicted octanol–water partition coefficient (Wildman–Crippen LogP) is 1.67. The molecule has 0 aromatic carbocycles. The van der Waals surface area contributed by atoms with Crippen molar-refractivity contribution in [3.8, 4) is 0 Å². The van der Waals surface area contributed by atoms with Crippen LogP contribution in [0.1, 0.15) is 26.3 Å². The predicted molar refractivity (Wildman–Crippen MR) is 78.5 cm³/mol. The molecule has 6 nitrogen and oxygen atoms in total. The molecule has 0 aliphatic rings. The summed E-state index contributed by atoms with van der Waals surface area (Å²) in [5, 5.41) is 8.04. The van der Waals surface area contributed by atoms with E-state index in [0.717, 1.165) is 5.56 Å². The highest BCUT2D eigenvalue weighted by atomic mass is 16.2. The molecule has 0 bridgehead atoms. The molecule has 0 saturated heterocycles. The minimum absolute atomic E-state index is 0.0891. The summed E-state index contributed by atoms with van der Waals surface area (Å²) in [6.45, 7) is 8.16. The summed E-state index contributed by atoms with van der Waals surface area (Å²) in [5.74, 6) is 0.387. The average molecular weight is 278 g/mol. The van der Waals surface area contributed by atoms with E-state index < -0.39 is 5.41 Å². The fourth-order valence-electron chi connectivity index (χ4n) is 1.48. The molecule has 1 heterocycles. The number of anilines is 1. The largest absolute Gasteiger partial charge is 0.356 e. The van der Waals surface area contributed by atoms with Gasteiger partial charge in [-0.05, 0) is 39.3 Å². The molecule has 0 unspecified atom stereocenters. The van der Waals surface area contributed by atoms with Gasteiger partial charge in [-0.2, -0.15) is 0 Å². The number of pyridine rings is 1. The first-order valence-electron chi connectivity index (χ1n) is 6.61. The van der Waals surface area contributed by atoms with Crippen LogP contribution in [0.2, 0.25) is 0 Å². The van der Waals surface area contributed by atoms with Crippen molar-refractivity contribution < 1.29 is 9.59 Å². The van der Waals surface area contributed by atoms with E-state index in [4.69, 9.17) is 0 Å². The Kier molecular flexibility index (Phi) is 5.49. The Morgan fingerprint density at radius 1 is 1.25 bits per heavy atom. The number of nitrogens with zero attached hydrogens (tertiary/aromatic N) is 1. The molecule has 3 N–H and O–H groups in total. The number of amides is 3. The van der Waals surface area contributed by atoms with Crippen LogP contribution in [-0.2, 0) is 4.79 Å². The van der Waals surface area contributed by atoms with E-state index in [1.165, 1.54) is 0 Å². The van der Waals surface area contributed by atoms with E-state index in [0.29, 0.717) is 12.4 Å². The maximum absolute atomic E-state index is 11.8. The number of hydrogen-bond acceptors (Lipinski definition) is 3. The highest BCUT2D eigenvalue weighted by Crippen LogP contribution is 2.13. The first kappa shape index (κ1) is 15.9. The number of carbonyl (C=O) groups excluding carboxylic acids is 2. The second kappa shape index (κ2) is 6.88. The molecule has 0 aliphatic carbocycles. The van der Waals surface area contributed by atoms with Gasteiger partial charge in [0.2, 0.25) is 5.91 Å². The molecule has 0 spiro atoms. The number of aromatic nitrogens is 1. The summed E-state index contributed by atoms with van der Waals surface area (Å²) in [4.78, 5) is 27.6. The average Bonchev–Trinajstić information content (AvgIpc) is 2.39. The van der Waals surface area contributed by atoms with Crippen molar-refractivity contribution in [3.05, 3.63) is 23.9 Å². The fourth-order valence-corrected chi connectivity index (χ4v) is 1.48. The topological polar surface area (TPSA) is 83.1 Å². The van der Waals surface area contributed by atoms with Gasteiger partial charge in [0.1, 0.15) is 5.82 Å². The second-order valence-corrected chi connectivity index (χ2v) is 5.27. The van der Waals surface area contributed by atoms with Gasteiger partial charge in [-0.3, -0.25) is 10.1 Å². The second-order valence-electron chi connectivity index (χ2n) is 5.27. The standard InChI is InChI=1S/C14H22N4O2/c1-5-15-12(19)14(3,4)9-17-13(20)18-11-7-6-10(2)8-16-11/h6-8H,5,9H2,1-4H3,(H,15,19)(H2,16,17,18,20). The maximum Gasteiger partial charge on any atom is 0.320 e. The lowest BCUT2D eigenvalue weighted by molar-refractivity contribution is -0.128. The summed E-state index contributed by atoms with van der Waals surface area (Å²) in [6, 6.07) is 3.21. The summed E-state index contributed by atoms with van der Waals surface area (Å²) >= 11 is 0. The van der Waals surface area contributed by atoms with Gasteiger partial charge in [-0.25, -0.2) is 9.78 Å². The lowest BCUT2D eigenvalue weighted by atomic mass is 9.92. The third-order valence-corrected chi connectivity index (χ3v) is 2.80. The molecule has 20 heavy (non-hydrogen) atoms. The van der Waals surface area contributed by atoms with Gasteiger partial charge >= 0.3 is 6.03 Å². The highest BCUT2D eigenvalue weighted by molar-refractivity contribution is 5.89. The third kappa shape index (κ3) is 4.87. The van der Waals surface area contributed by atoms with Crippen molar-refractivity contribution in [3.63, 3.8) is 0 Å². The third-order valence-electron chi connectivity index (χ3n) is 2.80. The molecule has 110 valence electrons. The van der Waals surface area contributed by atoms with Crippen LogP contribution in [-0.4, -0.2) is 30.0 Å². The number of carbonyl (C=O) groups is 2. The molecular weight excluding hydrogens is 256 g/mol. The molecule has 1 aromatic heterocycles. The van der Waals surface area contributed by atoms with E-state index in [-0.39, 0.29) is 18.5 Å². The van der Waals surface area contributed by atoms with Gasteiger partial charge in [-0.15, -0.1) is 0 Å². The van der Waals surface area contributed by atoms with E-state index in [1.54, 1.807) is 26.1 Å². The molecular formula is C14H22N4O2. The van der Waals surface area contributed by atoms with Crippen molar-refractivity contribution in [1.82, 2.24) is 15.6 Å². The lowest BCUT2D eigenvalue weighted by Crippen LogP contribution is -2.45. The minimum Gasteiger partial charge on any atom is -0.356 e. The molecule has 3 amide bonds. The Bertz CT molecular complexity index is 469. The Labute approximate surface area is 119 Å². The lowest BCUT2D eigenvalue weighted by Gasteiger charge is -2.23. The number of urea groups is 1. The molecule has 0 radical (unpaired) electrons. The van der Waals surface area contributed by atoms with Crippen LogP contribution in [0.25, 0.3) is 0 Å². The van der Waals surface area contributed by atoms with Gasteiger partial charge in [-0.1, -0.05) is 6.07 Å². The van der Waals surface area contributed by atoms with E-state index in [2.05, 4.69) is 20.9 Å². The first-order chi connectivity index (χ1) is 9.35. The summed E-state index contributed by atoms with van der Waals surface area (Å²) in [5.41, 5.74) is 0.363. The van der Waals surface area contributed by atoms with E-state index in [1.807, 2.05) is 19.9 Å². The van der Waals surface area contributed by atoms with Gasteiger partial charge < -0.3 is 10.6 Å². The maximum atomic E-state index is 11.8. The molecule has 0 aliphatic heterocycles. The zero-order chi connectivity index (χ0) is 15.2. The monoisotopic (exact) mass is 278 g/mol. The fraction of sp³-hybridized carbons (Fsp3) is 0.500. The van der Waals surface area contributed by atoms with Crippen LogP contribution in [0, 0.1) is 12.3 Å². The molecule has 0 saturated carbocycles. The van der Waals surface area contributed by atoms with Crippen LogP contribution in [0.5, 0.6) is 0 Å². The Morgan fingerprint density at radius 2 is 1.95 bits per heavy atom. The van der Waals surface area contributed by atoms with Gasteiger partial charge in [0.15, 0.2) is 0 Å². The van der Waals surface area contributed by atoms with Gasteiger partial charge in [0, 0.05) is 19.3 Å².